The lowest BCUT2D eigenvalue weighted by Crippen LogP contribution is -2.09. The number of hydrogen-bond donors (Lipinski definition) is 1. The Morgan fingerprint density at radius 1 is 1.05 bits per heavy atom. The Labute approximate surface area is 118 Å². The summed E-state index contributed by atoms with van der Waals surface area (Å²) in [5.41, 5.74) is 8.91. The van der Waals surface area contributed by atoms with Gasteiger partial charge in [-0.1, -0.05) is 42.5 Å². The van der Waals surface area contributed by atoms with Crippen LogP contribution in [0.1, 0.15) is 24.2 Å². The first-order chi connectivity index (χ1) is 9.66. The molecule has 2 N–H and O–H groups in total. The molecule has 3 rings (SSSR count). The van der Waals surface area contributed by atoms with Crippen LogP contribution in [-0.4, -0.2) is 9.97 Å². The quantitative estimate of drug-likeness (QED) is 0.768. The standard InChI is InChI=1S/C17H17N3/c1-11(18)16-10-19-17(20-12(16)2)15-9-5-7-13-6-3-4-8-14(13)15/h3-11H,18H2,1-2H3. The van der Waals surface area contributed by atoms with E-state index in [2.05, 4.69) is 34.2 Å². The van der Waals surface area contributed by atoms with Crippen LogP contribution < -0.4 is 5.73 Å². The normalized spacial score (nSPS) is 12.6. The topological polar surface area (TPSA) is 51.8 Å². The molecule has 0 bridgehead atoms. The molecule has 0 spiro atoms. The lowest BCUT2D eigenvalue weighted by molar-refractivity contribution is 0.790. The highest BCUT2D eigenvalue weighted by atomic mass is 14.9. The molecule has 0 saturated heterocycles. The molecule has 0 saturated carbocycles. The predicted molar refractivity (Wildman–Crippen MR) is 82.3 cm³/mol. The SMILES string of the molecule is Cc1nc(-c2cccc3ccccc23)ncc1C(C)N. The van der Waals surface area contributed by atoms with Gasteiger partial charge in [-0.05, 0) is 24.6 Å². The summed E-state index contributed by atoms with van der Waals surface area (Å²) in [5.74, 6) is 0.753. The first kappa shape index (κ1) is 12.8. The zero-order valence-corrected chi connectivity index (χ0v) is 11.7. The molecular weight excluding hydrogens is 246 g/mol. The van der Waals surface area contributed by atoms with Gasteiger partial charge in [0.25, 0.3) is 0 Å². The first-order valence-electron chi connectivity index (χ1n) is 6.74. The highest BCUT2D eigenvalue weighted by Gasteiger charge is 2.10. The van der Waals surface area contributed by atoms with Crippen molar-refractivity contribution >= 4 is 10.8 Å². The van der Waals surface area contributed by atoms with Gasteiger partial charge in [0.2, 0.25) is 0 Å². The molecule has 3 aromatic rings. The minimum atomic E-state index is -0.0448. The number of aromatic nitrogens is 2. The number of aryl methyl sites for hydroxylation is 1. The fourth-order valence-corrected chi connectivity index (χ4v) is 2.47. The van der Waals surface area contributed by atoms with E-state index < -0.39 is 0 Å². The Morgan fingerprint density at radius 3 is 2.55 bits per heavy atom. The van der Waals surface area contributed by atoms with Crippen molar-refractivity contribution in [3.05, 3.63) is 59.9 Å². The van der Waals surface area contributed by atoms with Crippen molar-refractivity contribution in [2.75, 3.05) is 0 Å². The van der Waals surface area contributed by atoms with Crippen LogP contribution >= 0.6 is 0 Å². The lowest BCUT2D eigenvalue weighted by atomic mass is 10.0. The maximum atomic E-state index is 5.91. The minimum Gasteiger partial charge on any atom is -0.324 e. The third kappa shape index (κ3) is 2.17. The average molecular weight is 263 g/mol. The fraction of sp³-hybridized carbons (Fsp3) is 0.176. The van der Waals surface area contributed by atoms with E-state index >= 15 is 0 Å². The molecule has 3 nitrogen and oxygen atoms in total. The molecule has 1 aromatic heterocycles. The highest BCUT2D eigenvalue weighted by molar-refractivity contribution is 5.94. The van der Waals surface area contributed by atoms with E-state index in [0.29, 0.717) is 0 Å². The van der Waals surface area contributed by atoms with E-state index in [1.165, 1.54) is 10.8 Å². The summed E-state index contributed by atoms with van der Waals surface area (Å²) in [4.78, 5) is 9.11. The molecule has 0 aliphatic heterocycles. The van der Waals surface area contributed by atoms with Crippen molar-refractivity contribution in [3.8, 4) is 11.4 Å². The largest absolute Gasteiger partial charge is 0.324 e. The van der Waals surface area contributed by atoms with Crippen LogP contribution in [0.4, 0.5) is 0 Å². The molecule has 0 amide bonds. The Morgan fingerprint density at radius 2 is 1.80 bits per heavy atom. The Kier molecular flexibility index (Phi) is 3.20. The van der Waals surface area contributed by atoms with E-state index in [1.807, 2.05) is 38.2 Å². The summed E-state index contributed by atoms with van der Waals surface area (Å²) < 4.78 is 0. The molecule has 20 heavy (non-hydrogen) atoms. The van der Waals surface area contributed by atoms with E-state index in [9.17, 15) is 0 Å². The van der Waals surface area contributed by atoms with Crippen molar-refractivity contribution in [1.29, 1.82) is 0 Å². The van der Waals surface area contributed by atoms with Crippen LogP contribution in [-0.2, 0) is 0 Å². The van der Waals surface area contributed by atoms with Gasteiger partial charge in [-0.25, -0.2) is 9.97 Å². The van der Waals surface area contributed by atoms with Crippen LogP contribution in [0.5, 0.6) is 0 Å². The van der Waals surface area contributed by atoms with Gasteiger partial charge in [0, 0.05) is 29.1 Å². The van der Waals surface area contributed by atoms with E-state index in [-0.39, 0.29) is 6.04 Å². The van der Waals surface area contributed by atoms with Gasteiger partial charge < -0.3 is 5.73 Å². The van der Waals surface area contributed by atoms with Crippen molar-refractivity contribution < 1.29 is 0 Å². The van der Waals surface area contributed by atoms with E-state index in [0.717, 1.165) is 22.6 Å². The Bertz CT molecular complexity index is 758. The van der Waals surface area contributed by atoms with E-state index in [1.54, 1.807) is 0 Å². The van der Waals surface area contributed by atoms with Gasteiger partial charge in [0.15, 0.2) is 5.82 Å². The minimum absolute atomic E-state index is 0.0448. The van der Waals surface area contributed by atoms with Crippen LogP contribution in [0.15, 0.2) is 48.7 Å². The van der Waals surface area contributed by atoms with Crippen molar-refractivity contribution in [1.82, 2.24) is 9.97 Å². The maximum absolute atomic E-state index is 5.91. The van der Waals surface area contributed by atoms with Crippen molar-refractivity contribution in [3.63, 3.8) is 0 Å². The van der Waals surface area contributed by atoms with E-state index in [4.69, 9.17) is 5.73 Å². The Hall–Kier alpha value is -2.26. The van der Waals surface area contributed by atoms with Crippen molar-refractivity contribution in [2.24, 2.45) is 5.73 Å². The first-order valence-corrected chi connectivity index (χ1v) is 6.74. The summed E-state index contributed by atoms with van der Waals surface area (Å²) in [6.07, 6.45) is 1.84. The zero-order valence-electron chi connectivity index (χ0n) is 11.7. The molecule has 0 aliphatic carbocycles. The van der Waals surface area contributed by atoms with Crippen molar-refractivity contribution in [2.45, 2.75) is 19.9 Å². The summed E-state index contributed by atoms with van der Waals surface area (Å²) in [6, 6.07) is 14.4. The number of benzene rings is 2. The molecule has 1 unspecified atom stereocenters. The van der Waals surface area contributed by atoms with Gasteiger partial charge in [0.1, 0.15) is 0 Å². The molecular formula is C17H17N3. The summed E-state index contributed by atoms with van der Waals surface area (Å²) in [6.45, 7) is 3.93. The van der Waals surface area contributed by atoms with Crippen LogP contribution in [0.2, 0.25) is 0 Å². The van der Waals surface area contributed by atoms with Crippen LogP contribution in [0.25, 0.3) is 22.2 Å². The van der Waals surface area contributed by atoms with Gasteiger partial charge >= 0.3 is 0 Å². The summed E-state index contributed by atoms with van der Waals surface area (Å²) >= 11 is 0. The summed E-state index contributed by atoms with van der Waals surface area (Å²) in [5, 5.41) is 2.37. The zero-order chi connectivity index (χ0) is 14.1. The molecule has 3 heteroatoms. The monoisotopic (exact) mass is 263 g/mol. The van der Waals surface area contributed by atoms with Gasteiger partial charge in [0.05, 0.1) is 0 Å². The Balaban J connectivity index is 2.19. The second kappa shape index (κ2) is 5.02. The molecule has 1 heterocycles. The number of nitrogens with two attached hydrogens (primary N) is 1. The number of rotatable bonds is 2. The smallest absolute Gasteiger partial charge is 0.159 e. The van der Waals surface area contributed by atoms with Gasteiger partial charge in [-0.15, -0.1) is 0 Å². The highest BCUT2D eigenvalue weighted by Crippen LogP contribution is 2.26. The average Bonchev–Trinajstić information content (AvgIpc) is 2.46. The molecule has 0 radical (unpaired) electrons. The second-order valence-corrected chi connectivity index (χ2v) is 5.05. The number of fused-ring (bicyclic) bond motifs is 1. The molecule has 0 fully saturated rings. The van der Waals surface area contributed by atoms with Crippen LogP contribution in [0, 0.1) is 6.92 Å². The fourth-order valence-electron chi connectivity index (χ4n) is 2.47. The molecule has 1 atom stereocenters. The maximum Gasteiger partial charge on any atom is 0.159 e. The third-order valence-electron chi connectivity index (χ3n) is 3.54. The lowest BCUT2D eigenvalue weighted by Gasteiger charge is -2.11. The number of hydrogen-bond acceptors (Lipinski definition) is 3. The number of nitrogens with zero attached hydrogens (tertiary/aromatic N) is 2. The van der Waals surface area contributed by atoms with Gasteiger partial charge in [-0.2, -0.15) is 0 Å². The molecule has 2 aromatic carbocycles. The molecule has 0 aliphatic rings. The second-order valence-electron chi connectivity index (χ2n) is 5.05. The summed E-state index contributed by atoms with van der Waals surface area (Å²) in [7, 11) is 0. The third-order valence-corrected chi connectivity index (χ3v) is 3.54. The van der Waals surface area contributed by atoms with Crippen LogP contribution in [0.3, 0.4) is 0 Å². The van der Waals surface area contributed by atoms with Gasteiger partial charge in [-0.3, -0.25) is 0 Å². The predicted octanol–water partition coefficient (Wildman–Crippen LogP) is 3.62. The molecule has 100 valence electrons.